The van der Waals surface area contributed by atoms with Gasteiger partial charge in [-0.2, -0.15) is 0 Å². The van der Waals surface area contributed by atoms with Gasteiger partial charge in [-0.1, -0.05) is 11.6 Å². The molecule has 0 aliphatic rings. The maximum atomic E-state index is 5.98. The Labute approximate surface area is 111 Å². The van der Waals surface area contributed by atoms with E-state index in [1.54, 1.807) is 18.5 Å². The molecule has 2 rings (SSSR count). The van der Waals surface area contributed by atoms with E-state index < -0.39 is 0 Å². The number of hydrogen-bond donors (Lipinski definition) is 0. The van der Waals surface area contributed by atoms with Crippen molar-refractivity contribution in [2.24, 2.45) is 0 Å². The lowest BCUT2D eigenvalue weighted by atomic mass is 10.1. The molecule has 0 saturated carbocycles. The minimum atomic E-state index is 0.389. The molecule has 2 aromatic rings. The van der Waals surface area contributed by atoms with Gasteiger partial charge >= 0.3 is 0 Å². The van der Waals surface area contributed by atoms with E-state index in [4.69, 9.17) is 16.3 Å². The Morgan fingerprint density at radius 2 is 2.00 bits per heavy atom. The number of hydrogen-bond acceptors (Lipinski definition) is 4. The fourth-order valence-corrected chi connectivity index (χ4v) is 1.80. The predicted octanol–water partition coefficient (Wildman–Crippen LogP) is 2.65. The maximum Gasteiger partial charge on any atom is 0.155 e. The van der Waals surface area contributed by atoms with Crippen molar-refractivity contribution in [1.29, 1.82) is 0 Å². The summed E-state index contributed by atoms with van der Waals surface area (Å²) >= 11 is 5.98. The quantitative estimate of drug-likeness (QED) is 0.778. The molecule has 18 heavy (non-hydrogen) atoms. The summed E-state index contributed by atoms with van der Waals surface area (Å²) in [5.74, 6) is 0.619. The lowest BCUT2D eigenvalue weighted by Crippen LogP contribution is -2.03. The first-order valence-corrected chi connectivity index (χ1v) is 6.14. The van der Waals surface area contributed by atoms with Crippen LogP contribution in [-0.2, 0) is 17.8 Å². The van der Waals surface area contributed by atoms with Crippen molar-refractivity contribution < 1.29 is 4.74 Å². The fourth-order valence-electron chi connectivity index (χ4n) is 1.57. The monoisotopic (exact) mass is 263 g/mol. The number of pyridine rings is 1. The van der Waals surface area contributed by atoms with Gasteiger partial charge in [0, 0.05) is 25.4 Å². The summed E-state index contributed by atoms with van der Waals surface area (Å²) in [6.07, 6.45) is 4.24. The van der Waals surface area contributed by atoms with Gasteiger partial charge in [0.05, 0.1) is 5.69 Å². The van der Waals surface area contributed by atoms with Crippen LogP contribution in [0.25, 0.3) is 0 Å². The normalized spacial score (nSPS) is 10.6. The average Bonchev–Trinajstić information content (AvgIpc) is 2.37. The second-order valence-electron chi connectivity index (χ2n) is 3.77. The summed E-state index contributed by atoms with van der Waals surface area (Å²) < 4.78 is 5.29. The maximum absolute atomic E-state index is 5.98. The Morgan fingerprint density at radius 1 is 1.22 bits per heavy atom. The van der Waals surface area contributed by atoms with E-state index >= 15 is 0 Å². The summed E-state index contributed by atoms with van der Waals surface area (Å²) in [4.78, 5) is 12.5. The minimum absolute atomic E-state index is 0.389. The number of nitrogens with zero attached hydrogens (tertiary/aromatic N) is 3. The fraction of sp³-hybridized carbons (Fsp3) is 0.308. The van der Waals surface area contributed by atoms with Crippen LogP contribution in [0.2, 0.25) is 5.15 Å². The second kappa shape index (κ2) is 6.42. The molecule has 0 N–H and O–H groups in total. The van der Waals surface area contributed by atoms with Crippen LogP contribution in [0.4, 0.5) is 0 Å². The van der Waals surface area contributed by atoms with Crippen LogP contribution < -0.4 is 0 Å². The SMILES string of the molecule is CCOCc1nc(Cl)cc(Cc2ccncc2)n1. The zero-order chi connectivity index (χ0) is 12.8. The zero-order valence-electron chi connectivity index (χ0n) is 10.1. The van der Waals surface area contributed by atoms with Gasteiger partial charge in [-0.25, -0.2) is 9.97 Å². The van der Waals surface area contributed by atoms with Crippen molar-refractivity contribution in [3.05, 3.63) is 52.8 Å². The molecular formula is C13H14ClN3O. The molecule has 2 aromatic heterocycles. The van der Waals surface area contributed by atoms with Crippen LogP contribution in [-0.4, -0.2) is 21.6 Å². The van der Waals surface area contributed by atoms with Gasteiger partial charge in [-0.15, -0.1) is 0 Å². The van der Waals surface area contributed by atoms with Gasteiger partial charge in [-0.05, 0) is 30.7 Å². The number of rotatable bonds is 5. The van der Waals surface area contributed by atoms with Crippen LogP contribution in [0.1, 0.15) is 24.0 Å². The molecule has 0 saturated heterocycles. The van der Waals surface area contributed by atoms with Crippen LogP contribution in [0.3, 0.4) is 0 Å². The molecule has 5 heteroatoms. The number of halogens is 1. The highest BCUT2D eigenvalue weighted by molar-refractivity contribution is 6.29. The van der Waals surface area contributed by atoms with E-state index in [-0.39, 0.29) is 0 Å². The van der Waals surface area contributed by atoms with Crippen molar-refractivity contribution >= 4 is 11.6 Å². The zero-order valence-corrected chi connectivity index (χ0v) is 10.9. The summed E-state index contributed by atoms with van der Waals surface area (Å²) in [5.41, 5.74) is 2.03. The van der Waals surface area contributed by atoms with Crippen molar-refractivity contribution in [3.8, 4) is 0 Å². The van der Waals surface area contributed by atoms with E-state index in [9.17, 15) is 0 Å². The molecule has 0 bridgehead atoms. The van der Waals surface area contributed by atoms with Crippen LogP contribution >= 0.6 is 11.6 Å². The first-order valence-electron chi connectivity index (χ1n) is 5.77. The molecule has 0 spiro atoms. The summed E-state index contributed by atoms with van der Waals surface area (Å²) in [6, 6.07) is 5.69. The minimum Gasteiger partial charge on any atom is -0.374 e. The smallest absolute Gasteiger partial charge is 0.155 e. The molecule has 94 valence electrons. The van der Waals surface area contributed by atoms with Gasteiger partial charge in [0.1, 0.15) is 11.8 Å². The lowest BCUT2D eigenvalue weighted by molar-refractivity contribution is 0.128. The highest BCUT2D eigenvalue weighted by Gasteiger charge is 2.04. The second-order valence-corrected chi connectivity index (χ2v) is 4.15. The number of aromatic nitrogens is 3. The third kappa shape index (κ3) is 3.75. The van der Waals surface area contributed by atoms with Crippen molar-refractivity contribution in [1.82, 2.24) is 15.0 Å². The molecule has 0 amide bonds. The van der Waals surface area contributed by atoms with E-state index in [1.165, 1.54) is 0 Å². The van der Waals surface area contributed by atoms with Crippen molar-refractivity contribution in [2.45, 2.75) is 20.0 Å². The number of ether oxygens (including phenoxy) is 1. The lowest BCUT2D eigenvalue weighted by Gasteiger charge is -2.05. The third-order valence-electron chi connectivity index (χ3n) is 2.36. The molecular weight excluding hydrogens is 250 g/mol. The Balaban J connectivity index is 2.15. The van der Waals surface area contributed by atoms with Crippen molar-refractivity contribution in [3.63, 3.8) is 0 Å². The van der Waals surface area contributed by atoms with E-state index in [2.05, 4.69) is 15.0 Å². The molecule has 0 aromatic carbocycles. The highest BCUT2D eigenvalue weighted by atomic mass is 35.5. The Hall–Kier alpha value is -1.52. The molecule has 0 atom stereocenters. The Morgan fingerprint density at radius 3 is 2.72 bits per heavy atom. The van der Waals surface area contributed by atoms with E-state index in [1.807, 2.05) is 19.1 Å². The van der Waals surface area contributed by atoms with Crippen LogP contribution in [0, 0.1) is 0 Å². The molecule has 0 radical (unpaired) electrons. The van der Waals surface area contributed by atoms with E-state index in [0.29, 0.717) is 30.6 Å². The highest BCUT2D eigenvalue weighted by Crippen LogP contribution is 2.12. The van der Waals surface area contributed by atoms with Gasteiger partial charge in [0.15, 0.2) is 5.82 Å². The molecule has 2 heterocycles. The first kappa shape index (κ1) is 12.9. The Bertz CT molecular complexity index is 505. The topological polar surface area (TPSA) is 47.9 Å². The molecule has 0 aliphatic heterocycles. The van der Waals surface area contributed by atoms with Gasteiger partial charge in [-0.3, -0.25) is 4.98 Å². The summed E-state index contributed by atoms with van der Waals surface area (Å²) in [6.45, 7) is 2.96. The molecule has 4 nitrogen and oxygen atoms in total. The summed E-state index contributed by atoms with van der Waals surface area (Å²) in [7, 11) is 0. The summed E-state index contributed by atoms with van der Waals surface area (Å²) in [5, 5.41) is 0.448. The molecule has 0 aliphatic carbocycles. The average molecular weight is 264 g/mol. The van der Waals surface area contributed by atoms with Crippen LogP contribution in [0.5, 0.6) is 0 Å². The Kier molecular flexibility index (Phi) is 4.61. The largest absolute Gasteiger partial charge is 0.374 e. The van der Waals surface area contributed by atoms with Gasteiger partial charge < -0.3 is 4.74 Å². The van der Waals surface area contributed by atoms with Crippen LogP contribution in [0.15, 0.2) is 30.6 Å². The van der Waals surface area contributed by atoms with Gasteiger partial charge in [0.2, 0.25) is 0 Å². The van der Waals surface area contributed by atoms with Gasteiger partial charge in [0.25, 0.3) is 0 Å². The van der Waals surface area contributed by atoms with E-state index in [0.717, 1.165) is 11.3 Å². The molecule has 0 fully saturated rings. The third-order valence-corrected chi connectivity index (χ3v) is 2.56. The van der Waals surface area contributed by atoms with Crippen molar-refractivity contribution in [2.75, 3.05) is 6.61 Å². The first-order chi connectivity index (χ1) is 8.78. The molecule has 0 unspecified atom stereocenters. The predicted molar refractivity (Wildman–Crippen MR) is 69.4 cm³/mol. The standard InChI is InChI=1S/C13H14ClN3O/c1-2-18-9-13-16-11(8-12(14)17-13)7-10-3-5-15-6-4-10/h3-6,8H,2,7,9H2,1H3.